The average molecular weight is 246 g/mol. The molecular formula is C11H22N2O4. The highest BCUT2D eigenvalue weighted by Gasteiger charge is 2.06. The number of carbonyl (C=O) groups excluding carboxylic acids is 2. The lowest BCUT2D eigenvalue weighted by molar-refractivity contribution is -0.159. The number of hydrogen-bond acceptors (Lipinski definition) is 4. The summed E-state index contributed by atoms with van der Waals surface area (Å²) in [6.07, 6.45) is 4.96. The molecule has 0 aromatic heterocycles. The number of carbonyl (C=O) groups is 2. The Hall–Kier alpha value is -1.14. The highest BCUT2D eigenvalue weighted by atomic mass is 16.5. The smallest absolute Gasteiger partial charge is 0.245 e. The first-order valence-corrected chi connectivity index (χ1v) is 5.86. The third-order valence-corrected chi connectivity index (χ3v) is 2.50. The molecule has 0 unspecified atom stereocenters. The van der Waals surface area contributed by atoms with E-state index in [1.807, 2.05) is 0 Å². The molecule has 0 aliphatic rings. The normalized spacial score (nSPS) is 10.1. The van der Waals surface area contributed by atoms with E-state index in [0.717, 1.165) is 32.1 Å². The Balaban J connectivity index is 3.30. The molecule has 0 bridgehead atoms. The van der Waals surface area contributed by atoms with Crippen molar-refractivity contribution in [3.8, 4) is 0 Å². The minimum atomic E-state index is -0.276. The molecular weight excluding hydrogens is 224 g/mol. The third kappa shape index (κ3) is 8.65. The predicted octanol–water partition coefficient (Wildman–Crippen LogP) is 1.41. The molecule has 0 spiro atoms. The van der Waals surface area contributed by atoms with E-state index in [2.05, 4.69) is 0 Å². The first kappa shape index (κ1) is 15.9. The van der Waals surface area contributed by atoms with Crippen molar-refractivity contribution in [2.24, 2.45) is 0 Å². The van der Waals surface area contributed by atoms with Gasteiger partial charge in [0.25, 0.3) is 0 Å². The van der Waals surface area contributed by atoms with Crippen LogP contribution in [-0.2, 0) is 9.59 Å². The van der Waals surface area contributed by atoms with Gasteiger partial charge < -0.3 is 0 Å². The lowest BCUT2D eigenvalue weighted by atomic mass is 10.1. The molecule has 17 heavy (non-hydrogen) atoms. The quantitative estimate of drug-likeness (QED) is 0.385. The van der Waals surface area contributed by atoms with Gasteiger partial charge in [0.1, 0.15) is 0 Å². The molecule has 0 fully saturated rings. The molecule has 100 valence electrons. The molecule has 2 amide bonds. The van der Waals surface area contributed by atoms with Crippen molar-refractivity contribution in [3.63, 3.8) is 0 Å². The maximum atomic E-state index is 11.0. The van der Waals surface area contributed by atoms with Crippen LogP contribution < -0.4 is 0 Å². The van der Waals surface area contributed by atoms with Crippen LogP contribution in [0.2, 0.25) is 0 Å². The van der Waals surface area contributed by atoms with E-state index in [1.54, 1.807) is 0 Å². The summed E-state index contributed by atoms with van der Waals surface area (Å²) in [6.45, 7) is 0. The Bertz CT molecular complexity index is 218. The van der Waals surface area contributed by atoms with E-state index in [9.17, 15) is 9.59 Å². The van der Waals surface area contributed by atoms with Crippen molar-refractivity contribution >= 4 is 11.8 Å². The Morgan fingerprint density at radius 1 is 0.765 bits per heavy atom. The zero-order valence-corrected chi connectivity index (χ0v) is 10.6. The van der Waals surface area contributed by atoms with Crippen molar-refractivity contribution in [2.45, 2.75) is 44.9 Å². The molecule has 0 heterocycles. The van der Waals surface area contributed by atoms with Crippen LogP contribution in [0.15, 0.2) is 0 Å². The van der Waals surface area contributed by atoms with Gasteiger partial charge in [-0.1, -0.05) is 19.3 Å². The fraction of sp³-hybridized carbons (Fsp3) is 0.818. The van der Waals surface area contributed by atoms with Gasteiger partial charge in [0, 0.05) is 26.9 Å². The van der Waals surface area contributed by atoms with E-state index in [0.29, 0.717) is 23.0 Å². The summed E-state index contributed by atoms with van der Waals surface area (Å²) in [4.78, 5) is 22.0. The van der Waals surface area contributed by atoms with E-state index in [4.69, 9.17) is 10.4 Å². The predicted molar refractivity (Wildman–Crippen MR) is 61.4 cm³/mol. The van der Waals surface area contributed by atoms with E-state index < -0.39 is 0 Å². The second-order valence-corrected chi connectivity index (χ2v) is 4.10. The van der Waals surface area contributed by atoms with Crippen LogP contribution in [0.25, 0.3) is 0 Å². The maximum absolute atomic E-state index is 11.0. The van der Waals surface area contributed by atoms with Crippen LogP contribution in [-0.4, -0.2) is 46.5 Å². The summed E-state index contributed by atoms with van der Waals surface area (Å²) < 4.78 is 0. The second-order valence-electron chi connectivity index (χ2n) is 4.10. The summed E-state index contributed by atoms with van der Waals surface area (Å²) in [5.41, 5.74) is 0. The van der Waals surface area contributed by atoms with E-state index in [1.165, 1.54) is 14.1 Å². The molecule has 0 aromatic rings. The number of rotatable bonds is 8. The van der Waals surface area contributed by atoms with Gasteiger partial charge in [0.05, 0.1) is 0 Å². The number of amides is 2. The topological polar surface area (TPSA) is 81.1 Å². The summed E-state index contributed by atoms with van der Waals surface area (Å²) in [5.74, 6) is -0.552. The number of hydroxylamine groups is 4. The summed E-state index contributed by atoms with van der Waals surface area (Å²) in [5, 5.41) is 18.8. The number of hydrogen-bond donors (Lipinski definition) is 2. The Morgan fingerprint density at radius 3 is 1.35 bits per heavy atom. The monoisotopic (exact) mass is 246 g/mol. The van der Waals surface area contributed by atoms with Gasteiger partial charge in [-0.15, -0.1) is 0 Å². The standard InChI is InChI=1S/C11H22N2O4/c1-12(16)10(14)8-6-4-3-5-7-9-11(15)13(2)17/h16-17H,3-9H2,1-2H3. The first-order chi connectivity index (χ1) is 7.95. The van der Waals surface area contributed by atoms with Crippen molar-refractivity contribution in [1.29, 1.82) is 0 Å². The van der Waals surface area contributed by atoms with Gasteiger partial charge in [0.2, 0.25) is 11.8 Å². The van der Waals surface area contributed by atoms with Gasteiger partial charge in [-0.3, -0.25) is 20.0 Å². The average Bonchev–Trinajstić information content (AvgIpc) is 2.26. The Kier molecular flexibility index (Phi) is 8.35. The van der Waals surface area contributed by atoms with Crippen LogP contribution in [0, 0.1) is 0 Å². The van der Waals surface area contributed by atoms with Crippen LogP contribution >= 0.6 is 0 Å². The molecule has 0 aliphatic heterocycles. The zero-order chi connectivity index (χ0) is 13.3. The van der Waals surface area contributed by atoms with Gasteiger partial charge >= 0.3 is 0 Å². The minimum Gasteiger partial charge on any atom is -0.286 e. The van der Waals surface area contributed by atoms with E-state index in [-0.39, 0.29) is 11.8 Å². The van der Waals surface area contributed by atoms with Crippen molar-refractivity contribution in [3.05, 3.63) is 0 Å². The molecule has 0 aromatic carbocycles. The van der Waals surface area contributed by atoms with Gasteiger partial charge in [-0.05, 0) is 12.8 Å². The molecule has 6 heteroatoms. The van der Waals surface area contributed by atoms with Crippen molar-refractivity contribution in [2.75, 3.05) is 14.1 Å². The fourth-order valence-electron chi connectivity index (χ4n) is 1.41. The molecule has 2 N–H and O–H groups in total. The maximum Gasteiger partial charge on any atom is 0.245 e. The molecule has 0 saturated heterocycles. The molecule has 0 aliphatic carbocycles. The van der Waals surface area contributed by atoms with Crippen LogP contribution in [0.4, 0.5) is 0 Å². The lowest BCUT2D eigenvalue weighted by Gasteiger charge is -2.08. The van der Waals surface area contributed by atoms with E-state index >= 15 is 0 Å². The molecule has 0 atom stereocenters. The van der Waals surface area contributed by atoms with Crippen molar-refractivity contribution in [1.82, 2.24) is 10.1 Å². The lowest BCUT2D eigenvalue weighted by Crippen LogP contribution is -2.22. The summed E-state index contributed by atoms with van der Waals surface area (Å²) in [7, 11) is 2.64. The first-order valence-electron chi connectivity index (χ1n) is 5.86. The highest BCUT2D eigenvalue weighted by molar-refractivity contribution is 5.74. The van der Waals surface area contributed by atoms with Crippen molar-refractivity contribution < 1.29 is 20.0 Å². The summed E-state index contributed by atoms with van der Waals surface area (Å²) in [6, 6.07) is 0. The van der Waals surface area contributed by atoms with Gasteiger partial charge in [-0.25, -0.2) is 10.1 Å². The van der Waals surface area contributed by atoms with Gasteiger partial charge in [-0.2, -0.15) is 0 Å². The van der Waals surface area contributed by atoms with Gasteiger partial charge in [0.15, 0.2) is 0 Å². The Morgan fingerprint density at radius 2 is 1.06 bits per heavy atom. The molecule has 0 saturated carbocycles. The number of unbranched alkanes of at least 4 members (excludes halogenated alkanes) is 4. The SMILES string of the molecule is CN(O)C(=O)CCCCCCCC(=O)N(C)O. The third-order valence-electron chi connectivity index (χ3n) is 2.50. The van der Waals surface area contributed by atoms with Crippen LogP contribution in [0.1, 0.15) is 44.9 Å². The second kappa shape index (κ2) is 8.95. The molecule has 6 nitrogen and oxygen atoms in total. The molecule has 0 rings (SSSR count). The van der Waals surface area contributed by atoms with Crippen LogP contribution in [0.5, 0.6) is 0 Å². The minimum absolute atomic E-state index is 0.276. The largest absolute Gasteiger partial charge is 0.286 e. The molecule has 0 radical (unpaired) electrons. The zero-order valence-electron chi connectivity index (χ0n) is 10.6. The summed E-state index contributed by atoms with van der Waals surface area (Å²) >= 11 is 0. The number of nitrogens with zero attached hydrogens (tertiary/aromatic N) is 2. The Labute approximate surface area is 102 Å². The highest BCUT2D eigenvalue weighted by Crippen LogP contribution is 2.08. The van der Waals surface area contributed by atoms with Crippen LogP contribution in [0.3, 0.4) is 0 Å². The fourth-order valence-corrected chi connectivity index (χ4v) is 1.41.